The number of allylic oxidation sites excluding steroid dienone is 1. The lowest BCUT2D eigenvalue weighted by atomic mass is 9.49. The van der Waals surface area contributed by atoms with Crippen molar-refractivity contribution in [1.29, 1.82) is 0 Å². The van der Waals surface area contributed by atoms with Gasteiger partial charge in [-0.2, -0.15) is 0 Å². The van der Waals surface area contributed by atoms with Crippen molar-refractivity contribution in [2.24, 2.45) is 28.6 Å². The Kier molecular flexibility index (Phi) is 3.59. The number of piperidine rings is 1. The van der Waals surface area contributed by atoms with Crippen LogP contribution >= 0.6 is 0 Å². The highest BCUT2D eigenvalue weighted by Gasteiger charge is 2.60. The monoisotopic (exact) mass is 331 g/mol. The third-order valence-corrected chi connectivity index (χ3v) is 7.94. The maximum atomic E-state index is 12.5. The van der Waals surface area contributed by atoms with E-state index in [0.717, 1.165) is 12.8 Å². The summed E-state index contributed by atoms with van der Waals surface area (Å²) in [7, 11) is 1.45. The van der Waals surface area contributed by atoms with Crippen LogP contribution in [-0.4, -0.2) is 25.0 Å². The molecule has 0 spiro atoms. The van der Waals surface area contributed by atoms with Crippen LogP contribution in [0.15, 0.2) is 11.6 Å². The van der Waals surface area contributed by atoms with Crippen LogP contribution in [0.5, 0.6) is 0 Å². The molecule has 4 aliphatic rings. The van der Waals surface area contributed by atoms with Crippen molar-refractivity contribution in [3.63, 3.8) is 0 Å². The summed E-state index contributed by atoms with van der Waals surface area (Å²) >= 11 is 0. The Labute approximate surface area is 144 Å². The molecule has 0 radical (unpaired) electrons. The first-order chi connectivity index (χ1) is 11.4. The minimum Gasteiger partial charge on any atom is -0.469 e. The Balaban J connectivity index is 1.75. The van der Waals surface area contributed by atoms with Gasteiger partial charge in [0.25, 0.3) is 0 Å². The van der Waals surface area contributed by atoms with E-state index in [9.17, 15) is 9.59 Å². The Morgan fingerprint density at radius 3 is 2.79 bits per heavy atom. The summed E-state index contributed by atoms with van der Waals surface area (Å²) in [6.07, 6.45) is 9.85. The molecular formula is C20H29NO3. The molecule has 4 rings (SSSR count). The molecule has 1 aliphatic heterocycles. The van der Waals surface area contributed by atoms with Crippen LogP contribution < -0.4 is 5.32 Å². The van der Waals surface area contributed by atoms with E-state index >= 15 is 0 Å². The highest BCUT2D eigenvalue weighted by atomic mass is 16.5. The Morgan fingerprint density at radius 2 is 2.04 bits per heavy atom. The molecule has 3 aliphatic carbocycles. The zero-order chi connectivity index (χ0) is 17.1. The van der Waals surface area contributed by atoms with Gasteiger partial charge in [0.15, 0.2) is 0 Å². The highest BCUT2D eigenvalue weighted by Crippen LogP contribution is 2.63. The number of amides is 1. The number of fused-ring (bicyclic) bond motifs is 5. The number of methoxy groups -OCH3 is 1. The van der Waals surface area contributed by atoms with Gasteiger partial charge in [-0.25, -0.2) is 0 Å². The van der Waals surface area contributed by atoms with Gasteiger partial charge >= 0.3 is 5.97 Å². The average molecular weight is 331 g/mol. The van der Waals surface area contributed by atoms with Crippen molar-refractivity contribution in [2.45, 2.75) is 64.8 Å². The van der Waals surface area contributed by atoms with E-state index in [1.165, 1.54) is 32.8 Å². The van der Waals surface area contributed by atoms with Gasteiger partial charge in [0.05, 0.1) is 13.0 Å². The Bertz CT molecular complexity index is 612. The first-order valence-electron chi connectivity index (χ1n) is 9.47. The predicted molar refractivity (Wildman–Crippen MR) is 91.0 cm³/mol. The third kappa shape index (κ3) is 2.04. The fourth-order valence-electron chi connectivity index (χ4n) is 6.53. The van der Waals surface area contributed by atoms with E-state index in [1.54, 1.807) is 5.57 Å². The van der Waals surface area contributed by atoms with E-state index in [0.29, 0.717) is 17.3 Å². The van der Waals surface area contributed by atoms with Crippen LogP contribution in [-0.2, 0) is 14.3 Å². The Hall–Kier alpha value is -1.32. The van der Waals surface area contributed by atoms with E-state index < -0.39 is 0 Å². The Morgan fingerprint density at radius 1 is 1.25 bits per heavy atom. The lowest BCUT2D eigenvalue weighted by Gasteiger charge is -2.58. The van der Waals surface area contributed by atoms with Crippen molar-refractivity contribution in [3.05, 3.63) is 11.6 Å². The van der Waals surface area contributed by atoms with Gasteiger partial charge in [-0.05, 0) is 49.4 Å². The van der Waals surface area contributed by atoms with Gasteiger partial charge < -0.3 is 10.1 Å². The number of hydrogen-bond donors (Lipinski definition) is 1. The van der Waals surface area contributed by atoms with Gasteiger partial charge in [0.1, 0.15) is 0 Å². The van der Waals surface area contributed by atoms with Crippen molar-refractivity contribution in [3.8, 4) is 0 Å². The molecule has 0 aromatic carbocycles. The first kappa shape index (κ1) is 16.2. The third-order valence-electron chi connectivity index (χ3n) is 7.94. The fourth-order valence-corrected chi connectivity index (χ4v) is 6.53. The number of carbonyl (C=O) groups is 2. The number of esters is 1. The molecule has 0 aromatic heterocycles. The van der Waals surface area contributed by atoms with Crippen LogP contribution in [0.4, 0.5) is 0 Å². The molecule has 132 valence electrons. The molecule has 1 N–H and O–H groups in total. The molecule has 2 saturated carbocycles. The summed E-state index contributed by atoms with van der Waals surface area (Å²) in [6, 6.07) is 0.0577. The maximum Gasteiger partial charge on any atom is 0.309 e. The van der Waals surface area contributed by atoms with Gasteiger partial charge in [-0.15, -0.1) is 0 Å². The fraction of sp³-hybridized carbons (Fsp3) is 0.800. The summed E-state index contributed by atoms with van der Waals surface area (Å²) in [5.41, 5.74) is 1.82. The molecule has 1 heterocycles. The van der Waals surface area contributed by atoms with Crippen molar-refractivity contribution in [2.75, 3.05) is 7.11 Å². The number of hydrogen-bond acceptors (Lipinski definition) is 3. The molecule has 3 fully saturated rings. The quantitative estimate of drug-likeness (QED) is 0.593. The highest BCUT2D eigenvalue weighted by molar-refractivity contribution is 5.86. The SMILES string of the molecule is COC(=O)C1CC(=O)NC2CC=C3[C@@H](CC[C@]4(C)CCC[C@@H]34)[C@]21C. The summed E-state index contributed by atoms with van der Waals surface area (Å²) in [4.78, 5) is 24.7. The lowest BCUT2D eigenvalue weighted by Crippen LogP contribution is -2.63. The number of ether oxygens (including phenoxy) is 1. The largest absolute Gasteiger partial charge is 0.469 e. The summed E-state index contributed by atoms with van der Waals surface area (Å²) in [5, 5.41) is 3.18. The standard InChI is InChI=1S/C20H29NO3/c1-19-9-4-5-13(19)12-6-7-16-20(2,14(12)8-10-19)15(18(23)24-3)11-17(22)21-16/h6,13-16H,4-5,7-11H2,1-3H3,(H,21,22)/t13-,14+,15?,16?,19-,20-/m0/s1. The van der Waals surface area contributed by atoms with Gasteiger partial charge in [-0.3, -0.25) is 9.59 Å². The number of carbonyl (C=O) groups excluding carboxylic acids is 2. The zero-order valence-electron chi connectivity index (χ0n) is 15.1. The van der Waals surface area contributed by atoms with E-state index in [2.05, 4.69) is 25.2 Å². The molecular weight excluding hydrogens is 302 g/mol. The smallest absolute Gasteiger partial charge is 0.309 e. The van der Waals surface area contributed by atoms with Gasteiger partial charge in [0.2, 0.25) is 5.91 Å². The second kappa shape index (κ2) is 5.34. The molecule has 24 heavy (non-hydrogen) atoms. The van der Waals surface area contributed by atoms with E-state index in [1.807, 2.05) is 0 Å². The first-order valence-corrected chi connectivity index (χ1v) is 9.47. The van der Waals surface area contributed by atoms with Crippen molar-refractivity contribution < 1.29 is 14.3 Å². The van der Waals surface area contributed by atoms with E-state index in [-0.39, 0.29) is 35.7 Å². The predicted octanol–water partition coefficient (Wildman–Crippen LogP) is 3.22. The topological polar surface area (TPSA) is 55.4 Å². The molecule has 4 nitrogen and oxygen atoms in total. The van der Waals surface area contributed by atoms with Gasteiger partial charge in [0, 0.05) is 17.9 Å². The molecule has 6 atom stereocenters. The summed E-state index contributed by atoms with van der Waals surface area (Å²) < 4.78 is 5.10. The molecule has 4 heteroatoms. The van der Waals surface area contributed by atoms with Crippen molar-refractivity contribution in [1.82, 2.24) is 5.32 Å². The lowest BCUT2D eigenvalue weighted by molar-refractivity contribution is -0.161. The van der Waals surface area contributed by atoms with E-state index in [4.69, 9.17) is 4.74 Å². The molecule has 0 aromatic rings. The minimum absolute atomic E-state index is 0.00811. The zero-order valence-corrected chi connectivity index (χ0v) is 15.1. The van der Waals surface area contributed by atoms with Crippen LogP contribution in [0, 0.1) is 28.6 Å². The second-order valence-electron chi connectivity index (χ2n) is 8.90. The molecule has 1 saturated heterocycles. The second-order valence-corrected chi connectivity index (χ2v) is 8.90. The van der Waals surface area contributed by atoms with Crippen LogP contribution in [0.1, 0.15) is 58.8 Å². The van der Waals surface area contributed by atoms with Crippen LogP contribution in [0.2, 0.25) is 0 Å². The molecule has 0 bridgehead atoms. The molecule has 2 unspecified atom stereocenters. The van der Waals surface area contributed by atoms with Crippen molar-refractivity contribution >= 4 is 11.9 Å². The maximum absolute atomic E-state index is 12.5. The molecule has 1 amide bonds. The average Bonchev–Trinajstić information content (AvgIpc) is 2.96. The normalized spacial score (nSPS) is 47.0. The van der Waals surface area contributed by atoms with Crippen LogP contribution in [0.25, 0.3) is 0 Å². The number of rotatable bonds is 1. The van der Waals surface area contributed by atoms with Gasteiger partial charge in [-0.1, -0.05) is 31.9 Å². The van der Waals surface area contributed by atoms with Crippen LogP contribution in [0.3, 0.4) is 0 Å². The summed E-state index contributed by atoms with van der Waals surface area (Å²) in [5.74, 6) is 0.535. The minimum atomic E-state index is -0.319. The summed E-state index contributed by atoms with van der Waals surface area (Å²) in [6.45, 7) is 4.69. The number of nitrogens with one attached hydrogen (secondary N) is 1.